The molecular formula is C26H35N5O2. The number of piperidine rings is 1. The fourth-order valence-corrected chi connectivity index (χ4v) is 5.84. The van der Waals surface area contributed by atoms with E-state index in [1.165, 1.54) is 32.1 Å². The molecule has 33 heavy (non-hydrogen) atoms. The molecule has 1 N–H and O–H groups in total. The van der Waals surface area contributed by atoms with E-state index in [1.807, 2.05) is 17.0 Å². The van der Waals surface area contributed by atoms with Crippen LogP contribution in [0.3, 0.4) is 0 Å². The van der Waals surface area contributed by atoms with Gasteiger partial charge in [-0.15, -0.1) is 0 Å². The Labute approximate surface area is 195 Å². The molecule has 0 unspecified atom stereocenters. The van der Waals surface area contributed by atoms with Crippen molar-refractivity contribution >= 4 is 5.91 Å². The van der Waals surface area contributed by atoms with Crippen LogP contribution < -0.4 is 5.56 Å². The molecule has 7 nitrogen and oxygen atoms in total. The van der Waals surface area contributed by atoms with Crippen LogP contribution >= 0.6 is 0 Å². The van der Waals surface area contributed by atoms with Gasteiger partial charge in [-0.2, -0.15) is 0 Å². The van der Waals surface area contributed by atoms with Crippen molar-refractivity contribution < 1.29 is 4.79 Å². The molecule has 2 aromatic heterocycles. The van der Waals surface area contributed by atoms with E-state index < -0.39 is 0 Å². The lowest BCUT2D eigenvalue weighted by Crippen LogP contribution is -2.42. The van der Waals surface area contributed by atoms with E-state index in [0.29, 0.717) is 25.3 Å². The van der Waals surface area contributed by atoms with E-state index in [0.717, 1.165) is 61.5 Å². The molecule has 1 saturated heterocycles. The molecule has 1 saturated carbocycles. The number of carbonyl (C=O) groups excluding carboxylic acids is 1. The van der Waals surface area contributed by atoms with Gasteiger partial charge in [0.1, 0.15) is 5.82 Å². The van der Waals surface area contributed by atoms with Crippen LogP contribution in [0.15, 0.2) is 29.3 Å². The Morgan fingerprint density at radius 1 is 1.09 bits per heavy atom. The van der Waals surface area contributed by atoms with Crippen LogP contribution in [0.4, 0.5) is 0 Å². The fraction of sp³-hybridized carbons (Fsp3) is 0.615. The number of amides is 1. The molecule has 1 amide bonds. The summed E-state index contributed by atoms with van der Waals surface area (Å²) in [6.07, 6.45) is 14.2. The Kier molecular flexibility index (Phi) is 6.85. The van der Waals surface area contributed by atoms with Gasteiger partial charge in [0.15, 0.2) is 0 Å². The lowest BCUT2D eigenvalue weighted by Gasteiger charge is -2.36. The smallest absolute Gasteiger partial charge is 0.255 e. The SMILES string of the molecule is O=C(Cc1cccnc1)N1CCCC[C@H]1c1nc2c(c(=O)[nH]1)CN(CC1CCCCC1)CC2. The van der Waals surface area contributed by atoms with Crippen molar-refractivity contribution in [3.8, 4) is 0 Å². The molecule has 0 bridgehead atoms. The molecule has 0 spiro atoms. The van der Waals surface area contributed by atoms with Crippen molar-refractivity contribution in [2.45, 2.75) is 76.8 Å². The third-order valence-electron chi connectivity index (χ3n) is 7.62. The number of nitrogens with one attached hydrogen (secondary N) is 1. The largest absolute Gasteiger partial charge is 0.332 e. The average molecular weight is 450 g/mol. The Balaban J connectivity index is 1.31. The molecular weight excluding hydrogens is 414 g/mol. The number of hydrogen-bond donors (Lipinski definition) is 1. The summed E-state index contributed by atoms with van der Waals surface area (Å²) < 4.78 is 0. The maximum Gasteiger partial charge on any atom is 0.255 e. The van der Waals surface area contributed by atoms with Crippen molar-refractivity contribution in [3.05, 3.63) is 57.5 Å². The summed E-state index contributed by atoms with van der Waals surface area (Å²) in [5.41, 5.74) is 2.65. The van der Waals surface area contributed by atoms with E-state index in [1.54, 1.807) is 12.4 Å². The first kappa shape index (κ1) is 22.3. The van der Waals surface area contributed by atoms with Gasteiger partial charge in [0.25, 0.3) is 5.56 Å². The number of aromatic nitrogens is 3. The highest BCUT2D eigenvalue weighted by Gasteiger charge is 2.31. The third-order valence-corrected chi connectivity index (χ3v) is 7.62. The van der Waals surface area contributed by atoms with Gasteiger partial charge in [-0.05, 0) is 49.7 Å². The topological polar surface area (TPSA) is 82.2 Å². The maximum absolute atomic E-state index is 13.1. The van der Waals surface area contributed by atoms with E-state index in [4.69, 9.17) is 4.98 Å². The van der Waals surface area contributed by atoms with Gasteiger partial charge >= 0.3 is 0 Å². The zero-order valence-electron chi connectivity index (χ0n) is 19.5. The van der Waals surface area contributed by atoms with Crippen molar-refractivity contribution in [1.82, 2.24) is 24.8 Å². The zero-order chi connectivity index (χ0) is 22.6. The minimum absolute atomic E-state index is 0.0198. The summed E-state index contributed by atoms with van der Waals surface area (Å²) in [6.45, 7) is 3.47. The minimum atomic E-state index is -0.152. The van der Waals surface area contributed by atoms with Crippen molar-refractivity contribution in [3.63, 3.8) is 0 Å². The number of likely N-dealkylation sites (tertiary alicyclic amines) is 1. The number of hydrogen-bond acceptors (Lipinski definition) is 5. The average Bonchev–Trinajstić information content (AvgIpc) is 2.85. The van der Waals surface area contributed by atoms with Crippen LogP contribution in [0.2, 0.25) is 0 Å². The van der Waals surface area contributed by atoms with Crippen molar-refractivity contribution in [2.24, 2.45) is 5.92 Å². The van der Waals surface area contributed by atoms with Crippen LogP contribution in [0, 0.1) is 5.92 Å². The molecule has 1 aliphatic carbocycles. The number of carbonyl (C=O) groups is 1. The molecule has 1 atom stereocenters. The van der Waals surface area contributed by atoms with Gasteiger partial charge in [0, 0.05) is 45.0 Å². The molecule has 2 fully saturated rings. The zero-order valence-corrected chi connectivity index (χ0v) is 19.5. The maximum atomic E-state index is 13.1. The Hall–Kier alpha value is -2.54. The normalized spacial score (nSPS) is 22.2. The van der Waals surface area contributed by atoms with E-state index in [2.05, 4.69) is 14.9 Å². The highest BCUT2D eigenvalue weighted by atomic mass is 16.2. The lowest BCUT2D eigenvalue weighted by atomic mass is 9.88. The second-order valence-corrected chi connectivity index (χ2v) is 10.0. The van der Waals surface area contributed by atoms with Crippen LogP contribution in [-0.2, 0) is 24.2 Å². The number of aromatic amines is 1. The van der Waals surface area contributed by atoms with Gasteiger partial charge in [-0.1, -0.05) is 25.3 Å². The minimum Gasteiger partial charge on any atom is -0.332 e. The molecule has 2 aromatic rings. The molecule has 3 aliphatic rings. The number of fused-ring (bicyclic) bond motifs is 1. The summed E-state index contributed by atoms with van der Waals surface area (Å²) in [4.78, 5) is 42.7. The van der Waals surface area contributed by atoms with Gasteiger partial charge in [0.05, 0.1) is 23.7 Å². The first-order chi connectivity index (χ1) is 16.2. The Morgan fingerprint density at radius 3 is 2.76 bits per heavy atom. The van der Waals surface area contributed by atoms with Crippen LogP contribution in [0.1, 0.15) is 80.1 Å². The predicted molar refractivity (Wildman–Crippen MR) is 127 cm³/mol. The predicted octanol–water partition coefficient (Wildman–Crippen LogP) is 3.40. The van der Waals surface area contributed by atoms with Gasteiger partial charge < -0.3 is 9.88 Å². The monoisotopic (exact) mass is 449 g/mol. The molecule has 5 rings (SSSR count). The van der Waals surface area contributed by atoms with E-state index in [9.17, 15) is 9.59 Å². The van der Waals surface area contributed by atoms with E-state index >= 15 is 0 Å². The molecule has 7 heteroatoms. The number of rotatable bonds is 5. The lowest BCUT2D eigenvalue weighted by molar-refractivity contribution is -0.134. The standard InChI is InChI=1S/C26H35N5O2/c32-24(15-20-9-6-12-27-16-20)31-13-5-4-10-23(31)25-28-22-11-14-30(18-21(22)26(33)29-25)17-19-7-2-1-3-8-19/h6,9,12,16,19,23H,1-5,7-8,10-11,13-15,17-18H2,(H,28,29,33)/t23-/m0/s1. The molecule has 0 aromatic carbocycles. The summed E-state index contributed by atoms with van der Waals surface area (Å²) in [5, 5.41) is 0. The highest BCUT2D eigenvalue weighted by molar-refractivity contribution is 5.79. The van der Waals surface area contributed by atoms with Crippen LogP contribution in [0.25, 0.3) is 0 Å². The number of pyridine rings is 1. The van der Waals surface area contributed by atoms with Crippen molar-refractivity contribution in [2.75, 3.05) is 19.6 Å². The second-order valence-electron chi connectivity index (χ2n) is 10.0. The van der Waals surface area contributed by atoms with Gasteiger partial charge in [-0.3, -0.25) is 19.5 Å². The third kappa shape index (κ3) is 5.18. The molecule has 0 radical (unpaired) electrons. The Bertz CT molecular complexity index is 1020. The van der Waals surface area contributed by atoms with Crippen molar-refractivity contribution in [1.29, 1.82) is 0 Å². The van der Waals surface area contributed by atoms with E-state index in [-0.39, 0.29) is 17.5 Å². The number of H-pyrrole nitrogens is 1. The summed E-state index contributed by atoms with van der Waals surface area (Å²) in [5.74, 6) is 1.51. The van der Waals surface area contributed by atoms with Crippen LogP contribution in [-0.4, -0.2) is 50.3 Å². The summed E-state index contributed by atoms with van der Waals surface area (Å²) in [6, 6.07) is 3.64. The van der Waals surface area contributed by atoms with Gasteiger partial charge in [0.2, 0.25) is 5.91 Å². The first-order valence-electron chi connectivity index (χ1n) is 12.7. The van der Waals surface area contributed by atoms with Crippen LogP contribution in [0.5, 0.6) is 0 Å². The first-order valence-corrected chi connectivity index (χ1v) is 12.7. The second kappa shape index (κ2) is 10.2. The highest BCUT2D eigenvalue weighted by Crippen LogP contribution is 2.30. The Morgan fingerprint density at radius 2 is 1.94 bits per heavy atom. The summed E-state index contributed by atoms with van der Waals surface area (Å²) >= 11 is 0. The van der Waals surface area contributed by atoms with Gasteiger partial charge in [-0.25, -0.2) is 4.98 Å². The molecule has 2 aliphatic heterocycles. The molecule has 4 heterocycles. The number of nitrogens with zero attached hydrogens (tertiary/aromatic N) is 4. The fourth-order valence-electron chi connectivity index (χ4n) is 5.84. The summed E-state index contributed by atoms with van der Waals surface area (Å²) in [7, 11) is 0. The quantitative estimate of drug-likeness (QED) is 0.757. The molecule has 176 valence electrons.